The third-order valence-electron chi connectivity index (χ3n) is 12.3. The second kappa shape index (κ2) is 13.5. The van der Waals surface area contributed by atoms with Crippen LogP contribution in [0.4, 0.5) is 17.1 Å². The highest BCUT2D eigenvalue weighted by Gasteiger charge is 2.70. The first kappa shape index (κ1) is 35.5. The zero-order chi connectivity index (χ0) is 38.2. The molecule has 1 N–H and O–H groups in total. The molecule has 10 nitrogen and oxygen atoms in total. The van der Waals surface area contributed by atoms with Crippen molar-refractivity contribution in [1.29, 1.82) is 0 Å². The molecule has 0 spiro atoms. The smallest absolute Gasteiger partial charge is 0.246 e. The third kappa shape index (κ3) is 5.33. The molecule has 4 amide bonds. The van der Waals surface area contributed by atoms with Crippen LogP contribution in [0.25, 0.3) is 0 Å². The first-order valence-corrected chi connectivity index (χ1v) is 19.2. The van der Waals surface area contributed by atoms with E-state index in [1.807, 2.05) is 60.7 Å². The minimum absolute atomic E-state index is 0.00723. The van der Waals surface area contributed by atoms with Gasteiger partial charge in [0.25, 0.3) is 0 Å². The van der Waals surface area contributed by atoms with E-state index in [0.717, 1.165) is 24.4 Å². The Morgan fingerprint density at radius 1 is 0.782 bits per heavy atom. The van der Waals surface area contributed by atoms with Gasteiger partial charge in [0.15, 0.2) is 11.5 Å². The molecule has 0 bridgehead atoms. The normalized spacial score (nSPS) is 27.5. The van der Waals surface area contributed by atoms with Crippen molar-refractivity contribution in [2.24, 2.45) is 23.7 Å². The van der Waals surface area contributed by atoms with Gasteiger partial charge in [-0.15, -0.1) is 0 Å². The average molecular weight is 779 g/mol. The van der Waals surface area contributed by atoms with Crippen molar-refractivity contribution in [3.63, 3.8) is 0 Å². The summed E-state index contributed by atoms with van der Waals surface area (Å²) in [7, 11) is 1.41. The summed E-state index contributed by atoms with van der Waals surface area (Å²) in [6.07, 6.45) is 2.39. The number of fused-ring (bicyclic) bond motifs is 4. The Bertz CT molecular complexity index is 2280. The van der Waals surface area contributed by atoms with Gasteiger partial charge in [-0.25, -0.2) is 4.90 Å². The molecule has 9 rings (SSSR count). The standard InChI is InChI=1S/C43H37Cl2N3O7/c1-54-35-21-24(20-34(45)38(35)49)37-30-14-15-31-36(41(52)47(39(31)50)28-12-10-27(11-13-28)46-16-18-55-19-17-46)32(30)23-33-40(51)48(29-9-5-8-26(44)22-29)42(53)43(33,37)25-6-3-2-4-7-25/h2-14,20-22,31-33,36-37,49H,15-19,23H2,1H3/t31-,32+,33-,36-,37-,43+/m0/s1. The van der Waals surface area contributed by atoms with Crippen molar-refractivity contribution < 1.29 is 33.8 Å². The van der Waals surface area contributed by atoms with Crippen LogP contribution in [-0.2, 0) is 29.3 Å². The molecule has 0 unspecified atom stereocenters. The largest absolute Gasteiger partial charge is 0.503 e. The van der Waals surface area contributed by atoms with Gasteiger partial charge in [0, 0.05) is 29.7 Å². The van der Waals surface area contributed by atoms with E-state index < -0.39 is 46.8 Å². The monoisotopic (exact) mass is 777 g/mol. The van der Waals surface area contributed by atoms with Crippen LogP contribution in [-0.4, -0.2) is 62.1 Å². The second-order valence-electron chi connectivity index (χ2n) is 14.8. The SMILES string of the molecule is COc1cc([C@H]2C3=CC[C@@H]4C(=O)N(c5ccc(N6CCOCC6)cc5)C(=O)[C@@H]4[C@@H]3C[C@H]3C(=O)N(c4cccc(Cl)c4)C(=O)[C@@]23c2ccccc2)cc(Cl)c1O. The number of ether oxygens (including phenoxy) is 2. The van der Waals surface area contributed by atoms with E-state index in [-0.39, 0.29) is 41.2 Å². The fraction of sp³-hybridized carbons (Fsp3) is 0.302. The number of imide groups is 2. The molecular weight excluding hydrogens is 741 g/mol. The van der Waals surface area contributed by atoms with E-state index in [2.05, 4.69) is 4.90 Å². The minimum atomic E-state index is -1.50. The molecule has 280 valence electrons. The number of rotatable bonds is 6. The molecule has 3 saturated heterocycles. The minimum Gasteiger partial charge on any atom is -0.503 e. The molecule has 12 heteroatoms. The number of nitrogens with zero attached hydrogens (tertiary/aromatic N) is 3. The highest BCUT2D eigenvalue weighted by molar-refractivity contribution is 6.33. The fourth-order valence-corrected chi connectivity index (χ4v) is 10.3. The summed E-state index contributed by atoms with van der Waals surface area (Å²) in [5.41, 5.74) is 2.23. The molecule has 3 heterocycles. The maximum Gasteiger partial charge on any atom is 0.246 e. The Kier molecular flexibility index (Phi) is 8.75. The average Bonchev–Trinajstić information content (AvgIpc) is 3.60. The topological polar surface area (TPSA) is 117 Å². The summed E-state index contributed by atoms with van der Waals surface area (Å²) >= 11 is 13.1. The number of carbonyl (C=O) groups is 4. The molecule has 1 saturated carbocycles. The zero-order valence-corrected chi connectivity index (χ0v) is 31.4. The number of morpholine rings is 1. The van der Waals surface area contributed by atoms with Gasteiger partial charge in [-0.1, -0.05) is 71.2 Å². The van der Waals surface area contributed by atoms with Crippen molar-refractivity contribution in [3.05, 3.63) is 124 Å². The van der Waals surface area contributed by atoms with Crippen molar-refractivity contribution in [3.8, 4) is 11.5 Å². The van der Waals surface area contributed by atoms with E-state index in [1.54, 1.807) is 36.4 Å². The first-order chi connectivity index (χ1) is 26.6. The number of phenols is 1. The van der Waals surface area contributed by atoms with Gasteiger partial charge in [0.05, 0.1) is 59.9 Å². The molecule has 3 aliphatic heterocycles. The predicted molar refractivity (Wildman–Crippen MR) is 208 cm³/mol. The van der Waals surface area contributed by atoms with Gasteiger partial charge >= 0.3 is 0 Å². The summed E-state index contributed by atoms with van der Waals surface area (Å²) in [5.74, 6) is -5.44. The Morgan fingerprint density at radius 2 is 1.51 bits per heavy atom. The van der Waals surface area contributed by atoms with Crippen LogP contribution in [0.1, 0.15) is 29.9 Å². The van der Waals surface area contributed by atoms with Gasteiger partial charge in [-0.05, 0) is 84.5 Å². The summed E-state index contributed by atoms with van der Waals surface area (Å²) in [6, 6.07) is 26.6. The van der Waals surface area contributed by atoms with Gasteiger partial charge in [-0.2, -0.15) is 0 Å². The number of anilines is 3. The van der Waals surface area contributed by atoms with Crippen molar-refractivity contribution >= 4 is 63.9 Å². The molecule has 4 aromatic carbocycles. The molecule has 4 aromatic rings. The number of benzene rings is 4. The summed E-state index contributed by atoms with van der Waals surface area (Å²) < 4.78 is 11.1. The number of phenolic OH excluding ortho intramolecular Hbond substituents is 1. The lowest BCUT2D eigenvalue weighted by Gasteiger charge is -2.50. The lowest BCUT2D eigenvalue weighted by molar-refractivity contribution is -0.127. The van der Waals surface area contributed by atoms with Gasteiger partial charge in [-0.3, -0.25) is 24.1 Å². The van der Waals surface area contributed by atoms with Crippen molar-refractivity contribution in [2.75, 3.05) is 48.1 Å². The van der Waals surface area contributed by atoms with Gasteiger partial charge < -0.3 is 19.5 Å². The molecule has 0 radical (unpaired) electrons. The number of allylic oxidation sites excluding steroid dienone is 2. The predicted octanol–water partition coefficient (Wildman–Crippen LogP) is 6.91. The number of hydrogen-bond donors (Lipinski definition) is 1. The number of halogens is 2. The number of amides is 4. The number of aromatic hydroxyl groups is 1. The van der Waals surface area contributed by atoms with E-state index in [0.29, 0.717) is 40.7 Å². The molecule has 5 aliphatic rings. The van der Waals surface area contributed by atoms with Gasteiger partial charge in [0.1, 0.15) is 0 Å². The zero-order valence-electron chi connectivity index (χ0n) is 29.9. The summed E-state index contributed by atoms with van der Waals surface area (Å²) in [4.78, 5) is 64.2. The van der Waals surface area contributed by atoms with Crippen molar-refractivity contribution in [1.82, 2.24) is 0 Å². The number of carbonyl (C=O) groups excluding carboxylic acids is 4. The van der Waals surface area contributed by atoms with E-state index in [9.17, 15) is 19.5 Å². The molecule has 0 aromatic heterocycles. The Hall–Kier alpha value is -5.16. The number of hydrogen-bond acceptors (Lipinski definition) is 8. The molecular formula is C43H37Cl2N3O7. The Balaban J connectivity index is 1.20. The van der Waals surface area contributed by atoms with Gasteiger partial charge in [0.2, 0.25) is 23.6 Å². The highest BCUT2D eigenvalue weighted by Crippen LogP contribution is 2.65. The lowest BCUT2D eigenvalue weighted by atomic mass is 9.49. The van der Waals surface area contributed by atoms with Crippen molar-refractivity contribution in [2.45, 2.75) is 24.2 Å². The van der Waals surface area contributed by atoms with Crippen LogP contribution in [0, 0.1) is 23.7 Å². The number of methoxy groups -OCH3 is 1. The fourth-order valence-electron chi connectivity index (χ4n) is 9.92. The molecule has 6 atom stereocenters. The Morgan fingerprint density at radius 3 is 2.22 bits per heavy atom. The van der Waals surface area contributed by atoms with Crippen LogP contribution < -0.4 is 19.4 Å². The molecule has 55 heavy (non-hydrogen) atoms. The lowest BCUT2D eigenvalue weighted by Crippen LogP contribution is -2.53. The Labute approximate surface area is 327 Å². The van der Waals surface area contributed by atoms with E-state index >= 15 is 4.79 Å². The quantitative estimate of drug-likeness (QED) is 0.166. The highest BCUT2D eigenvalue weighted by atomic mass is 35.5. The van der Waals surface area contributed by atoms with Crippen LogP contribution in [0.3, 0.4) is 0 Å². The first-order valence-electron chi connectivity index (χ1n) is 18.4. The van der Waals surface area contributed by atoms with Crippen LogP contribution in [0.2, 0.25) is 10.0 Å². The summed E-state index contributed by atoms with van der Waals surface area (Å²) in [6.45, 7) is 2.77. The maximum absolute atomic E-state index is 15.5. The summed E-state index contributed by atoms with van der Waals surface area (Å²) in [5, 5.41) is 11.2. The van der Waals surface area contributed by atoms with E-state index in [4.69, 9.17) is 32.7 Å². The van der Waals surface area contributed by atoms with Crippen LogP contribution in [0.15, 0.2) is 103 Å². The molecule has 2 aliphatic carbocycles. The van der Waals surface area contributed by atoms with Crippen LogP contribution >= 0.6 is 23.2 Å². The molecule has 4 fully saturated rings. The maximum atomic E-state index is 15.5. The van der Waals surface area contributed by atoms with E-state index in [1.165, 1.54) is 16.9 Å². The van der Waals surface area contributed by atoms with Crippen LogP contribution in [0.5, 0.6) is 11.5 Å². The second-order valence-corrected chi connectivity index (χ2v) is 15.6. The third-order valence-corrected chi connectivity index (χ3v) is 12.8.